The Morgan fingerprint density at radius 3 is 2.52 bits per heavy atom. The zero-order valence-electron chi connectivity index (χ0n) is 14.4. The molecule has 0 amide bonds. The number of hydrogen-bond donors (Lipinski definition) is 0. The van der Waals surface area contributed by atoms with E-state index in [0.717, 1.165) is 21.0 Å². The molecule has 4 nitrogen and oxygen atoms in total. The Hall–Kier alpha value is -1.40. The molecule has 23 heavy (non-hydrogen) atoms. The summed E-state index contributed by atoms with van der Waals surface area (Å²) in [5.41, 5.74) is 5.49. The van der Waals surface area contributed by atoms with Crippen LogP contribution in [0.3, 0.4) is 0 Å². The number of hydrogen-bond acceptors (Lipinski definition) is 6. The van der Waals surface area contributed by atoms with Gasteiger partial charge in [-0.3, -0.25) is 4.79 Å². The molecule has 0 N–H and O–H groups in total. The van der Waals surface area contributed by atoms with Gasteiger partial charge in [-0.1, -0.05) is 16.9 Å². The first-order valence-electron chi connectivity index (χ1n) is 7.53. The number of ketones is 1. The topological polar surface area (TPSA) is 52.1 Å². The summed E-state index contributed by atoms with van der Waals surface area (Å²) in [6, 6.07) is 1.99. The highest BCUT2D eigenvalue weighted by atomic mass is 32.2. The summed E-state index contributed by atoms with van der Waals surface area (Å²) in [6.07, 6.45) is 0.0728. The van der Waals surface area contributed by atoms with E-state index in [-0.39, 0.29) is 11.9 Å². The van der Waals surface area contributed by atoms with Gasteiger partial charge in [0.25, 0.3) is 5.19 Å². The first-order valence-corrected chi connectivity index (χ1v) is 9.33. The third kappa shape index (κ3) is 4.32. The van der Waals surface area contributed by atoms with Crippen molar-refractivity contribution in [1.82, 2.24) is 10.2 Å². The van der Waals surface area contributed by atoms with E-state index in [1.54, 1.807) is 0 Å². The third-order valence-electron chi connectivity index (χ3n) is 3.83. The van der Waals surface area contributed by atoms with Crippen molar-refractivity contribution in [3.8, 4) is 5.19 Å². The maximum absolute atomic E-state index is 12.5. The second-order valence-corrected chi connectivity index (χ2v) is 7.99. The molecule has 0 aliphatic heterocycles. The van der Waals surface area contributed by atoms with Gasteiger partial charge < -0.3 is 4.74 Å². The molecule has 0 fully saturated rings. The number of carbonyl (C=O) groups is 1. The van der Waals surface area contributed by atoms with Crippen LogP contribution in [0.25, 0.3) is 0 Å². The molecule has 0 unspecified atom stereocenters. The minimum absolute atomic E-state index is 0.0728. The first-order chi connectivity index (χ1) is 10.8. The van der Waals surface area contributed by atoms with Crippen LogP contribution in [0.1, 0.15) is 46.5 Å². The average Bonchev–Trinajstić information content (AvgIpc) is 2.93. The molecule has 1 aromatic carbocycles. The summed E-state index contributed by atoms with van der Waals surface area (Å²) in [6.45, 7) is 12.1. The number of carbonyl (C=O) groups excluding carboxylic acids is 1. The lowest BCUT2D eigenvalue weighted by Crippen LogP contribution is -2.08. The van der Waals surface area contributed by atoms with E-state index < -0.39 is 0 Å². The zero-order chi connectivity index (χ0) is 17.1. The van der Waals surface area contributed by atoms with Gasteiger partial charge >= 0.3 is 0 Å². The average molecular weight is 351 g/mol. The van der Waals surface area contributed by atoms with Gasteiger partial charge in [-0.2, -0.15) is 0 Å². The number of Topliss-reactive ketones (excluding diaryl/α,β-unsaturated/α-hetero) is 1. The quantitative estimate of drug-likeness (QED) is 0.566. The molecule has 0 atom stereocenters. The molecule has 0 bridgehead atoms. The van der Waals surface area contributed by atoms with Crippen molar-refractivity contribution < 1.29 is 9.53 Å². The molecule has 6 heteroatoms. The van der Waals surface area contributed by atoms with Crippen molar-refractivity contribution in [3.05, 3.63) is 33.9 Å². The Balaban J connectivity index is 2.07. The summed E-state index contributed by atoms with van der Waals surface area (Å²) in [4.78, 5) is 12.5. The number of aryl methyl sites for hydroxylation is 1. The second kappa shape index (κ2) is 7.45. The van der Waals surface area contributed by atoms with Crippen LogP contribution >= 0.6 is 23.1 Å². The van der Waals surface area contributed by atoms with Gasteiger partial charge in [0.1, 0.15) is 0 Å². The van der Waals surface area contributed by atoms with Gasteiger partial charge in [0.05, 0.1) is 11.9 Å². The lowest BCUT2D eigenvalue weighted by Gasteiger charge is -2.13. The Morgan fingerprint density at radius 2 is 1.87 bits per heavy atom. The molecule has 0 saturated heterocycles. The van der Waals surface area contributed by atoms with Gasteiger partial charge in [-0.15, -0.1) is 5.10 Å². The van der Waals surface area contributed by atoms with Gasteiger partial charge in [-0.05, 0) is 81.2 Å². The second-order valence-electron chi connectivity index (χ2n) is 5.83. The Kier molecular flexibility index (Phi) is 5.81. The zero-order valence-corrected chi connectivity index (χ0v) is 16.0. The maximum Gasteiger partial charge on any atom is 0.295 e. The van der Waals surface area contributed by atoms with Crippen molar-refractivity contribution in [2.24, 2.45) is 0 Å². The summed E-state index contributed by atoms with van der Waals surface area (Å²) in [5.74, 6) is 0.485. The highest BCUT2D eigenvalue weighted by Gasteiger charge is 2.15. The molecule has 0 aliphatic carbocycles. The predicted molar refractivity (Wildman–Crippen MR) is 96.1 cm³/mol. The molecule has 0 saturated carbocycles. The molecule has 0 radical (unpaired) electrons. The largest absolute Gasteiger partial charge is 0.466 e. The van der Waals surface area contributed by atoms with E-state index in [2.05, 4.69) is 24.0 Å². The standard InChI is InChI=1S/C17H22N2O2S2/c1-9(2)21-16-18-19-17(23-16)22-8-15(20)14-7-10(3)11(4)12(5)13(14)6/h7,9H,8H2,1-6H3. The number of aromatic nitrogens is 2. The molecule has 1 aromatic heterocycles. The summed E-state index contributed by atoms with van der Waals surface area (Å²) >= 11 is 2.79. The van der Waals surface area contributed by atoms with Crippen LogP contribution < -0.4 is 4.74 Å². The van der Waals surface area contributed by atoms with Gasteiger partial charge in [0, 0.05) is 5.56 Å². The SMILES string of the molecule is Cc1cc(C(=O)CSc2nnc(OC(C)C)s2)c(C)c(C)c1C. The lowest BCUT2D eigenvalue weighted by atomic mass is 9.93. The summed E-state index contributed by atoms with van der Waals surface area (Å²) in [5, 5.41) is 8.59. The monoisotopic (exact) mass is 350 g/mol. The lowest BCUT2D eigenvalue weighted by molar-refractivity contribution is 0.102. The molecule has 0 aliphatic rings. The molecule has 124 valence electrons. The van der Waals surface area contributed by atoms with E-state index in [4.69, 9.17) is 4.74 Å². The van der Waals surface area contributed by atoms with Crippen molar-refractivity contribution >= 4 is 28.9 Å². The van der Waals surface area contributed by atoms with Gasteiger partial charge in [0.15, 0.2) is 10.1 Å². The van der Waals surface area contributed by atoms with Gasteiger partial charge in [-0.25, -0.2) is 0 Å². The number of nitrogens with zero attached hydrogens (tertiary/aromatic N) is 2. The fourth-order valence-corrected chi connectivity index (χ4v) is 3.90. The van der Waals surface area contributed by atoms with Crippen molar-refractivity contribution in [2.75, 3.05) is 5.75 Å². The van der Waals surface area contributed by atoms with Crippen LogP contribution in [0.2, 0.25) is 0 Å². The first kappa shape index (κ1) is 17.9. The summed E-state index contributed by atoms with van der Waals surface area (Å²) in [7, 11) is 0. The van der Waals surface area contributed by atoms with E-state index in [0.29, 0.717) is 10.9 Å². The van der Waals surface area contributed by atoms with Crippen molar-refractivity contribution in [3.63, 3.8) is 0 Å². The van der Waals surface area contributed by atoms with E-state index in [1.165, 1.54) is 34.2 Å². The highest BCUT2D eigenvalue weighted by Crippen LogP contribution is 2.29. The molecule has 2 rings (SSSR count). The van der Waals surface area contributed by atoms with E-state index >= 15 is 0 Å². The Bertz CT molecular complexity index is 724. The normalized spacial score (nSPS) is 11.1. The van der Waals surface area contributed by atoms with E-state index in [1.807, 2.05) is 33.8 Å². The molecule has 2 aromatic rings. The van der Waals surface area contributed by atoms with Crippen molar-refractivity contribution in [1.29, 1.82) is 0 Å². The van der Waals surface area contributed by atoms with Crippen molar-refractivity contribution in [2.45, 2.75) is 52.0 Å². The fourth-order valence-electron chi connectivity index (χ4n) is 2.21. The Morgan fingerprint density at radius 1 is 1.17 bits per heavy atom. The summed E-state index contributed by atoms with van der Waals surface area (Å²) < 4.78 is 6.25. The van der Waals surface area contributed by atoms with Crippen LogP contribution in [0.5, 0.6) is 5.19 Å². The highest BCUT2D eigenvalue weighted by molar-refractivity contribution is 8.01. The molecular weight excluding hydrogens is 328 g/mol. The minimum atomic E-state index is 0.0728. The molecule has 1 heterocycles. The number of rotatable bonds is 6. The van der Waals surface area contributed by atoms with Crippen LogP contribution in [-0.2, 0) is 0 Å². The van der Waals surface area contributed by atoms with Crippen LogP contribution in [0.15, 0.2) is 10.4 Å². The number of thioether (sulfide) groups is 1. The predicted octanol–water partition coefficient (Wildman–Crippen LogP) is 4.53. The van der Waals surface area contributed by atoms with Crippen LogP contribution in [-0.4, -0.2) is 27.8 Å². The smallest absolute Gasteiger partial charge is 0.295 e. The Labute approximate surface area is 145 Å². The number of ether oxygens (including phenoxy) is 1. The molecular formula is C17H22N2O2S2. The van der Waals surface area contributed by atoms with Crippen LogP contribution in [0, 0.1) is 27.7 Å². The van der Waals surface area contributed by atoms with Crippen LogP contribution in [0.4, 0.5) is 0 Å². The van der Waals surface area contributed by atoms with E-state index in [9.17, 15) is 4.79 Å². The fraction of sp³-hybridized carbons (Fsp3) is 0.471. The minimum Gasteiger partial charge on any atom is -0.466 e. The third-order valence-corrected chi connectivity index (χ3v) is 5.78. The maximum atomic E-state index is 12.5. The number of benzene rings is 1. The molecule has 0 spiro atoms. The van der Waals surface area contributed by atoms with Gasteiger partial charge in [0.2, 0.25) is 0 Å².